The Morgan fingerprint density at radius 1 is 1.20 bits per heavy atom. The molecule has 0 saturated heterocycles. The van der Waals surface area contributed by atoms with E-state index in [1.54, 1.807) is 19.3 Å². The van der Waals surface area contributed by atoms with Gasteiger partial charge in [-0.2, -0.15) is 5.26 Å². The second kappa shape index (κ2) is 7.32. The minimum Gasteiger partial charge on any atom is -0.325 e. The van der Waals surface area contributed by atoms with Gasteiger partial charge in [-0.25, -0.2) is 4.99 Å². The number of carbonyl (C=O) groups is 1. The fraction of sp³-hybridized carbons (Fsp3) is 0.158. The van der Waals surface area contributed by atoms with Gasteiger partial charge >= 0.3 is 0 Å². The van der Waals surface area contributed by atoms with E-state index in [0.717, 1.165) is 5.56 Å². The molecule has 0 aliphatic carbocycles. The van der Waals surface area contributed by atoms with Crippen molar-refractivity contribution in [2.45, 2.75) is 12.8 Å². The van der Waals surface area contributed by atoms with Crippen LogP contribution >= 0.6 is 12.6 Å². The first-order valence-corrected chi connectivity index (χ1v) is 8.20. The highest BCUT2D eigenvalue weighted by molar-refractivity contribution is 7.84. The lowest BCUT2D eigenvalue weighted by atomic mass is 9.77. The van der Waals surface area contributed by atoms with Crippen LogP contribution in [0.25, 0.3) is 0 Å². The summed E-state index contributed by atoms with van der Waals surface area (Å²) in [5.74, 6) is -1.24. The number of aromatic nitrogens is 1. The molecular weight excluding hydrogens is 332 g/mol. The van der Waals surface area contributed by atoms with Crippen LogP contribution in [-0.4, -0.2) is 16.6 Å². The molecule has 1 amide bonds. The van der Waals surface area contributed by atoms with Gasteiger partial charge in [0.25, 0.3) is 0 Å². The third-order valence-electron chi connectivity index (χ3n) is 4.13. The molecule has 3 rings (SSSR count). The monoisotopic (exact) mass is 348 g/mol. The molecule has 1 N–H and O–H groups in total. The van der Waals surface area contributed by atoms with Gasteiger partial charge in [0.15, 0.2) is 0 Å². The van der Waals surface area contributed by atoms with Crippen LogP contribution in [0.3, 0.4) is 0 Å². The van der Waals surface area contributed by atoms with Gasteiger partial charge in [0, 0.05) is 29.7 Å². The van der Waals surface area contributed by atoms with Gasteiger partial charge in [-0.15, -0.1) is 12.6 Å². The molecule has 2 heterocycles. The minimum atomic E-state index is -0.590. The number of rotatable bonds is 3. The topological polar surface area (TPSA) is 78.1 Å². The molecule has 0 spiro atoms. The SMILES string of the molecule is CC1=NC(S)=C(C#N)[C@H](c2ccncc2)C1C(=O)Nc1ccccc1. The number of thiol groups is 1. The molecule has 1 aliphatic rings. The first-order valence-electron chi connectivity index (χ1n) is 7.76. The fourth-order valence-electron chi connectivity index (χ4n) is 2.98. The summed E-state index contributed by atoms with van der Waals surface area (Å²) in [5, 5.41) is 12.9. The van der Waals surface area contributed by atoms with Crippen LogP contribution in [0, 0.1) is 17.2 Å². The maximum atomic E-state index is 13.0. The number of pyridine rings is 1. The lowest BCUT2D eigenvalue weighted by Crippen LogP contribution is -2.36. The van der Waals surface area contributed by atoms with Gasteiger partial charge in [-0.1, -0.05) is 18.2 Å². The summed E-state index contributed by atoms with van der Waals surface area (Å²) in [6.07, 6.45) is 3.30. The van der Waals surface area contributed by atoms with Gasteiger partial charge in [0.1, 0.15) is 5.03 Å². The first kappa shape index (κ1) is 16.9. The highest BCUT2D eigenvalue weighted by atomic mass is 32.1. The zero-order valence-corrected chi connectivity index (χ0v) is 14.4. The number of anilines is 1. The van der Waals surface area contributed by atoms with E-state index < -0.39 is 11.8 Å². The molecule has 2 aromatic rings. The van der Waals surface area contributed by atoms with Gasteiger partial charge in [0.2, 0.25) is 5.91 Å². The van der Waals surface area contributed by atoms with E-state index in [-0.39, 0.29) is 5.91 Å². The number of para-hydroxylation sites is 1. The summed E-state index contributed by atoms with van der Waals surface area (Å²) < 4.78 is 0. The van der Waals surface area contributed by atoms with E-state index in [4.69, 9.17) is 0 Å². The van der Waals surface area contributed by atoms with E-state index in [9.17, 15) is 10.1 Å². The summed E-state index contributed by atoms with van der Waals surface area (Å²) in [7, 11) is 0. The molecule has 0 bridgehead atoms. The summed E-state index contributed by atoms with van der Waals surface area (Å²) in [6.45, 7) is 1.79. The number of nitrogens with zero attached hydrogens (tertiary/aromatic N) is 3. The summed E-state index contributed by atoms with van der Waals surface area (Å²) in [6, 6.07) is 15.0. The van der Waals surface area contributed by atoms with Crippen LogP contribution in [0.1, 0.15) is 18.4 Å². The van der Waals surface area contributed by atoms with E-state index >= 15 is 0 Å². The van der Waals surface area contributed by atoms with Crippen LogP contribution in [0.15, 0.2) is 70.5 Å². The highest BCUT2D eigenvalue weighted by Crippen LogP contribution is 2.39. The van der Waals surface area contributed by atoms with Crippen molar-refractivity contribution in [3.8, 4) is 6.07 Å². The van der Waals surface area contributed by atoms with Crippen molar-refractivity contribution in [1.29, 1.82) is 5.26 Å². The number of amides is 1. The number of allylic oxidation sites excluding steroid dienone is 1. The van der Waals surface area contributed by atoms with E-state index in [2.05, 4.69) is 34.0 Å². The Hall–Kier alpha value is -2.91. The van der Waals surface area contributed by atoms with Crippen molar-refractivity contribution in [1.82, 2.24) is 4.98 Å². The van der Waals surface area contributed by atoms with Gasteiger partial charge < -0.3 is 5.32 Å². The Labute approximate surface area is 151 Å². The number of aliphatic imine (C=N–C) groups is 1. The molecule has 1 aliphatic heterocycles. The minimum absolute atomic E-state index is 0.206. The number of hydrogen-bond acceptors (Lipinski definition) is 5. The lowest BCUT2D eigenvalue weighted by molar-refractivity contribution is -0.118. The first-order chi connectivity index (χ1) is 12.1. The molecule has 25 heavy (non-hydrogen) atoms. The highest BCUT2D eigenvalue weighted by Gasteiger charge is 2.38. The number of hydrogen-bond donors (Lipinski definition) is 2. The molecule has 0 fully saturated rings. The zero-order chi connectivity index (χ0) is 17.8. The molecule has 0 saturated carbocycles. The van der Waals surface area contributed by atoms with Gasteiger partial charge in [0.05, 0.1) is 17.6 Å². The van der Waals surface area contributed by atoms with Crippen molar-refractivity contribution >= 4 is 29.9 Å². The van der Waals surface area contributed by atoms with Crippen molar-refractivity contribution in [2.75, 3.05) is 5.32 Å². The summed E-state index contributed by atoms with van der Waals surface area (Å²) in [5.41, 5.74) is 2.54. The molecule has 2 atom stereocenters. The lowest BCUT2D eigenvalue weighted by Gasteiger charge is -2.30. The normalized spacial score (nSPS) is 19.8. The predicted octanol–water partition coefficient (Wildman–Crippen LogP) is 3.56. The van der Waals surface area contributed by atoms with Crippen LogP contribution in [0.2, 0.25) is 0 Å². The van der Waals surface area contributed by atoms with E-state index in [1.165, 1.54) is 0 Å². The third-order valence-corrected chi connectivity index (χ3v) is 4.47. The predicted molar refractivity (Wildman–Crippen MR) is 100 cm³/mol. The van der Waals surface area contributed by atoms with E-state index in [0.29, 0.717) is 22.0 Å². The van der Waals surface area contributed by atoms with Crippen molar-refractivity contribution in [2.24, 2.45) is 10.9 Å². The largest absolute Gasteiger partial charge is 0.325 e. The summed E-state index contributed by atoms with van der Waals surface area (Å²) >= 11 is 4.34. The Balaban J connectivity index is 2.02. The molecule has 5 nitrogen and oxygen atoms in total. The number of carbonyl (C=O) groups excluding carboxylic acids is 1. The number of nitrogens with one attached hydrogen (secondary N) is 1. The van der Waals surface area contributed by atoms with Crippen molar-refractivity contribution in [3.05, 3.63) is 71.0 Å². The maximum Gasteiger partial charge on any atom is 0.234 e. The molecule has 1 unspecified atom stereocenters. The maximum absolute atomic E-state index is 13.0. The number of benzene rings is 1. The molecule has 0 radical (unpaired) electrons. The second-order valence-corrected chi connectivity index (χ2v) is 6.12. The fourth-order valence-corrected chi connectivity index (χ4v) is 3.32. The molecule has 124 valence electrons. The number of nitriles is 1. The summed E-state index contributed by atoms with van der Waals surface area (Å²) in [4.78, 5) is 21.3. The quantitative estimate of drug-likeness (QED) is 0.833. The van der Waals surface area contributed by atoms with Crippen LogP contribution < -0.4 is 5.32 Å². The second-order valence-electron chi connectivity index (χ2n) is 5.69. The molecule has 1 aromatic heterocycles. The Bertz CT molecular complexity index is 885. The van der Waals surface area contributed by atoms with E-state index in [1.807, 2.05) is 42.5 Å². The van der Waals surface area contributed by atoms with Crippen molar-refractivity contribution < 1.29 is 4.79 Å². The van der Waals surface area contributed by atoms with Crippen molar-refractivity contribution in [3.63, 3.8) is 0 Å². The van der Waals surface area contributed by atoms with Crippen LogP contribution in [0.5, 0.6) is 0 Å². The molecule has 6 heteroatoms. The molecule has 1 aromatic carbocycles. The standard InChI is InChI=1S/C19H16N4OS/c1-12-16(18(24)23-14-5-3-2-4-6-14)17(13-7-9-21-10-8-13)15(11-20)19(25)22-12/h2-10,16-17,25H,1H3,(H,23,24)/t16?,17-/m0/s1. The van der Waals surface area contributed by atoms with Crippen LogP contribution in [0.4, 0.5) is 5.69 Å². The van der Waals surface area contributed by atoms with Crippen LogP contribution in [-0.2, 0) is 4.79 Å². The smallest absolute Gasteiger partial charge is 0.234 e. The molecular formula is C19H16N4OS. The Morgan fingerprint density at radius 3 is 2.52 bits per heavy atom. The average molecular weight is 348 g/mol. The Kier molecular flexibility index (Phi) is 4.96. The Morgan fingerprint density at radius 2 is 1.88 bits per heavy atom. The van der Waals surface area contributed by atoms with Gasteiger partial charge in [-0.05, 0) is 36.8 Å². The zero-order valence-electron chi connectivity index (χ0n) is 13.5. The van der Waals surface area contributed by atoms with Gasteiger partial charge in [-0.3, -0.25) is 9.78 Å². The third kappa shape index (κ3) is 3.47. The average Bonchev–Trinajstić information content (AvgIpc) is 2.62.